The Morgan fingerprint density at radius 2 is 2.17 bits per heavy atom. The SMILES string of the molecule is CCCCNC(=O)[C@H]1CCCN(c2nc3c(-c4ccccc4C)csc3c(=O)[nH]2)C1. The summed E-state index contributed by atoms with van der Waals surface area (Å²) < 4.78 is 0.642. The number of unbranched alkanes of at least 4 members (excludes halogenated alkanes) is 1. The van der Waals surface area contributed by atoms with E-state index in [1.54, 1.807) is 0 Å². The number of carbonyl (C=O) groups is 1. The van der Waals surface area contributed by atoms with Gasteiger partial charge in [0.2, 0.25) is 11.9 Å². The molecule has 1 aliphatic rings. The number of aromatic nitrogens is 2. The van der Waals surface area contributed by atoms with Crippen molar-refractivity contribution in [2.75, 3.05) is 24.5 Å². The zero-order valence-corrected chi connectivity index (χ0v) is 18.3. The first kappa shape index (κ1) is 20.6. The van der Waals surface area contributed by atoms with E-state index in [9.17, 15) is 9.59 Å². The van der Waals surface area contributed by atoms with Crippen LogP contribution in [-0.2, 0) is 4.79 Å². The number of fused-ring (bicyclic) bond motifs is 1. The van der Waals surface area contributed by atoms with E-state index >= 15 is 0 Å². The fraction of sp³-hybridized carbons (Fsp3) is 0.435. The Hall–Kier alpha value is -2.67. The minimum Gasteiger partial charge on any atom is -0.356 e. The van der Waals surface area contributed by atoms with Crippen molar-refractivity contribution >= 4 is 33.4 Å². The van der Waals surface area contributed by atoms with E-state index in [0.29, 0.717) is 17.2 Å². The lowest BCUT2D eigenvalue weighted by Crippen LogP contribution is -2.44. The Kier molecular flexibility index (Phi) is 6.18. The van der Waals surface area contributed by atoms with Crippen molar-refractivity contribution in [3.63, 3.8) is 0 Å². The second-order valence-electron chi connectivity index (χ2n) is 7.96. The normalized spacial score (nSPS) is 16.7. The van der Waals surface area contributed by atoms with Crippen molar-refractivity contribution < 1.29 is 4.79 Å². The molecule has 1 fully saturated rings. The second kappa shape index (κ2) is 9.00. The third-order valence-corrected chi connectivity index (χ3v) is 6.74. The van der Waals surface area contributed by atoms with E-state index in [4.69, 9.17) is 4.98 Å². The number of aryl methyl sites for hydroxylation is 1. The van der Waals surface area contributed by atoms with Crippen LogP contribution in [0.1, 0.15) is 38.2 Å². The molecular formula is C23H28N4O2S. The molecule has 0 radical (unpaired) electrons. The molecular weight excluding hydrogens is 396 g/mol. The van der Waals surface area contributed by atoms with E-state index in [1.165, 1.54) is 11.3 Å². The molecule has 2 N–H and O–H groups in total. The number of aromatic amines is 1. The maximum Gasteiger partial charge on any atom is 0.270 e. The maximum atomic E-state index is 12.8. The minimum absolute atomic E-state index is 0.0741. The van der Waals surface area contributed by atoms with Gasteiger partial charge in [-0.1, -0.05) is 37.6 Å². The van der Waals surface area contributed by atoms with Gasteiger partial charge in [0, 0.05) is 30.6 Å². The second-order valence-corrected chi connectivity index (χ2v) is 8.84. The summed E-state index contributed by atoms with van der Waals surface area (Å²) in [4.78, 5) is 35.2. The number of nitrogens with zero attached hydrogens (tertiary/aromatic N) is 2. The van der Waals surface area contributed by atoms with Crippen LogP contribution in [0.4, 0.5) is 5.95 Å². The minimum atomic E-state index is -0.116. The Balaban J connectivity index is 1.63. The van der Waals surface area contributed by atoms with Crippen LogP contribution in [0.5, 0.6) is 0 Å². The number of carbonyl (C=O) groups excluding carboxylic acids is 1. The van der Waals surface area contributed by atoms with Crippen molar-refractivity contribution in [3.8, 4) is 11.1 Å². The van der Waals surface area contributed by atoms with Crippen LogP contribution < -0.4 is 15.8 Å². The predicted molar refractivity (Wildman–Crippen MR) is 123 cm³/mol. The highest BCUT2D eigenvalue weighted by Gasteiger charge is 2.27. The first-order valence-corrected chi connectivity index (χ1v) is 11.6. The Morgan fingerprint density at radius 3 is 2.97 bits per heavy atom. The van der Waals surface area contributed by atoms with Gasteiger partial charge in [-0.3, -0.25) is 14.6 Å². The lowest BCUT2D eigenvalue weighted by Gasteiger charge is -2.32. The summed E-state index contributed by atoms with van der Waals surface area (Å²) in [6.45, 7) is 6.27. The number of benzene rings is 1. The lowest BCUT2D eigenvalue weighted by atomic mass is 9.97. The summed E-state index contributed by atoms with van der Waals surface area (Å²) in [5, 5.41) is 5.06. The van der Waals surface area contributed by atoms with Gasteiger partial charge < -0.3 is 10.2 Å². The van der Waals surface area contributed by atoms with Gasteiger partial charge in [0.05, 0.1) is 11.4 Å². The number of hydrogen-bond donors (Lipinski definition) is 2. The molecule has 0 unspecified atom stereocenters. The molecule has 158 valence electrons. The summed E-state index contributed by atoms with van der Waals surface area (Å²) in [6, 6.07) is 8.15. The van der Waals surface area contributed by atoms with Crippen LogP contribution in [0.2, 0.25) is 0 Å². The molecule has 0 bridgehead atoms. The molecule has 30 heavy (non-hydrogen) atoms. The van der Waals surface area contributed by atoms with E-state index in [2.05, 4.69) is 36.3 Å². The van der Waals surface area contributed by atoms with Gasteiger partial charge in [0.15, 0.2) is 0 Å². The summed E-state index contributed by atoms with van der Waals surface area (Å²) in [6.07, 6.45) is 3.83. The molecule has 7 heteroatoms. The topological polar surface area (TPSA) is 78.1 Å². The van der Waals surface area contributed by atoms with Crippen LogP contribution in [0.3, 0.4) is 0 Å². The van der Waals surface area contributed by atoms with Crippen molar-refractivity contribution in [3.05, 3.63) is 45.6 Å². The first-order valence-electron chi connectivity index (χ1n) is 10.7. The number of anilines is 1. The third kappa shape index (κ3) is 4.12. The van der Waals surface area contributed by atoms with Gasteiger partial charge in [-0.05, 0) is 37.3 Å². The fourth-order valence-corrected chi connectivity index (χ4v) is 4.95. The number of amides is 1. The molecule has 0 spiro atoms. The third-order valence-electron chi connectivity index (χ3n) is 5.77. The predicted octanol–water partition coefficient (Wildman–Crippen LogP) is 4.09. The highest BCUT2D eigenvalue weighted by Crippen LogP contribution is 2.33. The number of thiophene rings is 1. The molecule has 3 aromatic rings. The maximum absolute atomic E-state index is 12.8. The first-order chi connectivity index (χ1) is 14.6. The van der Waals surface area contributed by atoms with Crippen LogP contribution >= 0.6 is 11.3 Å². The molecule has 2 aromatic heterocycles. The molecule has 6 nitrogen and oxygen atoms in total. The Morgan fingerprint density at radius 1 is 1.33 bits per heavy atom. The van der Waals surface area contributed by atoms with Crippen molar-refractivity contribution in [2.45, 2.75) is 39.5 Å². The summed E-state index contributed by atoms with van der Waals surface area (Å²) in [5.74, 6) is 0.592. The highest BCUT2D eigenvalue weighted by molar-refractivity contribution is 7.17. The smallest absolute Gasteiger partial charge is 0.270 e. The van der Waals surface area contributed by atoms with Crippen LogP contribution in [0.25, 0.3) is 21.3 Å². The lowest BCUT2D eigenvalue weighted by molar-refractivity contribution is -0.125. The highest BCUT2D eigenvalue weighted by atomic mass is 32.1. The van der Waals surface area contributed by atoms with E-state index in [1.807, 2.05) is 22.4 Å². The molecule has 1 aliphatic heterocycles. The van der Waals surface area contributed by atoms with Gasteiger partial charge in [-0.2, -0.15) is 0 Å². The van der Waals surface area contributed by atoms with Crippen LogP contribution in [0, 0.1) is 12.8 Å². The number of rotatable bonds is 6. The quantitative estimate of drug-likeness (QED) is 0.584. The van der Waals surface area contributed by atoms with Gasteiger partial charge in [0.25, 0.3) is 5.56 Å². The summed E-state index contributed by atoms with van der Waals surface area (Å²) in [7, 11) is 0. The standard InChI is InChI=1S/C23H28N4O2S/c1-3-4-11-24-21(28)16-9-7-12-27(13-16)23-25-19-18(14-30-20(19)22(29)26-23)17-10-6-5-8-15(17)2/h5-6,8,10,14,16H,3-4,7,9,11-13H2,1-2H3,(H,24,28)(H,25,26,29)/t16-/m0/s1. The molecule has 1 amide bonds. The molecule has 1 aromatic carbocycles. The van der Waals surface area contributed by atoms with E-state index < -0.39 is 0 Å². The Bertz CT molecular complexity index is 1100. The molecule has 4 rings (SSSR count). The zero-order chi connectivity index (χ0) is 21.1. The molecule has 0 aliphatic carbocycles. The average molecular weight is 425 g/mol. The van der Waals surface area contributed by atoms with Crippen LogP contribution in [0.15, 0.2) is 34.4 Å². The van der Waals surface area contributed by atoms with Crippen molar-refractivity contribution in [1.29, 1.82) is 0 Å². The number of hydrogen-bond acceptors (Lipinski definition) is 5. The van der Waals surface area contributed by atoms with Gasteiger partial charge in [0.1, 0.15) is 4.70 Å². The van der Waals surface area contributed by atoms with E-state index in [-0.39, 0.29) is 17.4 Å². The number of piperidine rings is 1. The van der Waals surface area contributed by atoms with Crippen molar-refractivity contribution in [2.24, 2.45) is 5.92 Å². The van der Waals surface area contributed by atoms with Crippen LogP contribution in [-0.4, -0.2) is 35.5 Å². The van der Waals surface area contributed by atoms with Crippen molar-refractivity contribution in [1.82, 2.24) is 15.3 Å². The number of nitrogens with one attached hydrogen (secondary N) is 2. The summed E-state index contributed by atoms with van der Waals surface area (Å²) >= 11 is 1.43. The monoisotopic (exact) mass is 424 g/mol. The van der Waals surface area contributed by atoms with Gasteiger partial charge in [-0.15, -0.1) is 11.3 Å². The largest absolute Gasteiger partial charge is 0.356 e. The van der Waals surface area contributed by atoms with Gasteiger partial charge >= 0.3 is 0 Å². The molecule has 1 atom stereocenters. The molecule has 3 heterocycles. The zero-order valence-electron chi connectivity index (χ0n) is 17.5. The molecule has 0 saturated carbocycles. The molecule has 1 saturated heterocycles. The fourth-order valence-electron chi connectivity index (χ4n) is 4.05. The average Bonchev–Trinajstić information content (AvgIpc) is 3.19. The van der Waals surface area contributed by atoms with E-state index in [0.717, 1.165) is 61.0 Å². The van der Waals surface area contributed by atoms with Gasteiger partial charge in [-0.25, -0.2) is 4.98 Å². The summed E-state index contributed by atoms with van der Waals surface area (Å²) in [5.41, 5.74) is 3.87. The Labute approximate surface area is 180 Å². The number of H-pyrrole nitrogens is 1.